The number of methoxy groups -OCH3 is 1. The number of anilines is 1. The van der Waals surface area contributed by atoms with Crippen LogP contribution in [0.1, 0.15) is 21.5 Å². The number of carbonyl (C=O) groups is 1. The van der Waals surface area contributed by atoms with Crippen LogP contribution in [0.25, 0.3) is 0 Å². The first-order chi connectivity index (χ1) is 10.0. The summed E-state index contributed by atoms with van der Waals surface area (Å²) in [7, 11) is 3.63. The maximum Gasteiger partial charge on any atom is 0.335 e. The van der Waals surface area contributed by atoms with Crippen LogP contribution in [0, 0.1) is 6.92 Å². The van der Waals surface area contributed by atoms with Crippen molar-refractivity contribution in [1.29, 1.82) is 0 Å². The van der Waals surface area contributed by atoms with Gasteiger partial charge >= 0.3 is 5.97 Å². The average molecular weight is 285 g/mol. The first-order valence-corrected chi connectivity index (χ1v) is 6.69. The van der Waals surface area contributed by atoms with Crippen molar-refractivity contribution in [2.24, 2.45) is 0 Å². The van der Waals surface area contributed by atoms with Gasteiger partial charge in [-0.05, 0) is 48.4 Å². The quantitative estimate of drug-likeness (QED) is 0.915. The molecule has 4 nitrogen and oxygen atoms in total. The number of carboxylic acids is 1. The van der Waals surface area contributed by atoms with E-state index in [1.54, 1.807) is 13.2 Å². The topological polar surface area (TPSA) is 49.8 Å². The number of benzene rings is 2. The van der Waals surface area contributed by atoms with Crippen LogP contribution in [0.4, 0.5) is 5.69 Å². The summed E-state index contributed by atoms with van der Waals surface area (Å²) in [5.74, 6) is -0.0622. The Labute approximate surface area is 124 Å². The van der Waals surface area contributed by atoms with Crippen molar-refractivity contribution < 1.29 is 14.6 Å². The minimum atomic E-state index is -0.894. The second kappa shape index (κ2) is 6.31. The minimum absolute atomic E-state index is 0.341. The molecule has 4 heteroatoms. The third kappa shape index (κ3) is 3.54. The van der Waals surface area contributed by atoms with Crippen LogP contribution in [0.2, 0.25) is 0 Å². The smallest absolute Gasteiger partial charge is 0.335 e. The molecular weight excluding hydrogens is 266 g/mol. The van der Waals surface area contributed by atoms with Gasteiger partial charge < -0.3 is 14.7 Å². The monoisotopic (exact) mass is 285 g/mol. The molecule has 2 rings (SSSR count). The van der Waals surface area contributed by atoms with Gasteiger partial charge in [0, 0.05) is 19.3 Å². The van der Waals surface area contributed by atoms with E-state index in [1.807, 2.05) is 50.4 Å². The SMILES string of the molecule is COc1cccc(CN(C)c2ccc(C(=O)O)c(C)c2)c1. The number of hydrogen-bond donors (Lipinski definition) is 1. The molecule has 0 fully saturated rings. The van der Waals surface area contributed by atoms with Gasteiger partial charge in [-0.2, -0.15) is 0 Å². The number of carboxylic acid groups (broad SMARTS) is 1. The molecule has 0 atom stereocenters. The maximum absolute atomic E-state index is 11.0. The van der Waals surface area contributed by atoms with Gasteiger partial charge in [0.05, 0.1) is 12.7 Å². The fraction of sp³-hybridized carbons (Fsp3) is 0.235. The van der Waals surface area contributed by atoms with Crippen molar-refractivity contribution in [2.45, 2.75) is 13.5 Å². The van der Waals surface area contributed by atoms with Gasteiger partial charge in [0.25, 0.3) is 0 Å². The van der Waals surface area contributed by atoms with Crippen LogP contribution >= 0.6 is 0 Å². The van der Waals surface area contributed by atoms with E-state index in [2.05, 4.69) is 4.90 Å². The highest BCUT2D eigenvalue weighted by molar-refractivity contribution is 5.89. The fourth-order valence-electron chi connectivity index (χ4n) is 2.26. The Hall–Kier alpha value is -2.49. The standard InChI is InChI=1S/C17H19NO3/c1-12-9-14(7-8-16(12)17(19)20)18(2)11-13-5-4-6-15(10-13)21-3/h4-10H,11H2,1-3H3,(H,19,20). The highest BCUT2D eigenvalue weighted by Crippen LogP contribution is 2.21. The van der Waals surface area contributed by atoms with E-state index < -0.39 is 5.97 Å². The van der Waals surface area contributed by atoms with Crippen LogP contribution in [0.5, 0.6) is 5.75 Å². The summed E-state index contributed by atoms with van der Waals surface area (Å²) in [5, 5.41) is 9.06. The van der Waals surface area contributed by atoms with E-state index in [4.69, 9.17) is 9.84 Å². The minimum Gasteiger partial charge on any atom is -0.497 e. The summed E-state index contributed by atoms with van der Waals surface area (Å²) in [6, 6.07) is 13.3. The number of nitrogens with zero attached hydrogens (tertiary/aromatic N) is 1. The van der Waals surface area contributed by atoms with E-state index in [-0.39, 0.29) is 0 Å². The summed E-state index contributed by atoms with van der Waals surface area (Å²) in [6.07, 6.45) is 0. The summed E-state index contributed by atoms with van der Waals surface area (Å²) in [5.41, 5.74) is 3.23. The molecule has 0 saturated carbocycles. The van der Waals surface area contributed by atoms with E-state index >= 15 is 0 Å². The third-order valence-corrected chi connectivity index (χ3v) is 3.44. The molecule has 0 unspecified atom stereocenters. The second-order valence-electron chi connectivity index (χ2n) is 5.01. The van der Waals surface area contributed by atoms with Gasteiger partial charge in [0.1, 0.15) is 5.75 Å². The first kappa shape index (κ1) is 14.9. The Morgan fingerprint density at radius 2 is 2.00 bits per heavy atom. The van der Waals surface area contributed by atoms with E-state index in [9.17, 15) is 4.79 Å². The van der Waals surface area contributed by atoms with Crippen LogP contribution in [0.15, 0.2) is 42.5 Å². The number of rotatable bonds is 5. The van der Waals surface area contributed by atoms with Crippen LogP contribution in [-0.2, 0) is 6.54 Å². The molecule has 0 radical (unpaired) electrons. The van der Waals surface area contributed by atoms with Crippen LogP contribution in [-0.4, -0.2) is 25.2 Å². The predicted molar refractivity (Wildman–Crippen MR) is 83.2 cm³/mol. The molecule has 21 heavy (non-hydrogen) atoms. The van der Waals surface area contributed by atoms with E-state index in [0.717, 1.165) is 29.1 Å². The van der Waals surface area contributed by atoms with E-state index in [0.29, 0.717) is 5.56 Å². The van der Waals surface area contributed by atoms with Gasteiger partial charge in [0.15, 0.2) is 0 Å². The Balaban J connectivity index is 2.18. The van der Waals surface area contributed by atoms with E-state index in [1.165, 1.54) is 0 Å². The lowest BCUT2D eigenvalue weighted by Crippen LogP contribution is -2.16. The molecule has 110 valence electrons. The molecule has 0 bridgehead atoms. The van der Waals surface area contributed by atoms with Gasteiger partial charge in [-0.3, -0.25) is 0 Å². The number of ether oxygens (including phenoxy) is 1. The molecule has 2 aromatic carbocycles. The molecule has 0 amide bonds. The van der Waals surface area contributed by atoms with Crippen molar-refractivity contribution in [3.05, 3.63) is 59.2 Å². The Bertz CT molecular complexity index is 652. The fourth-order valence-corrected chi connectivity index (χ4v) is 2.26. The lowest BCUT2D eigenvalue weighted by Gasteiger charge is -2.20. The highest BCUT2D eigenvalue weighted by Gasteiger charge is 2.09. The zero-order chi connectivity index (χ0) is 15.4. The molecule has 2 aromatic rings. The number of aryl methyl sites for hydroxylation is 1. The number of hydrogen-bond acceptors (Lipinski definition) is 3. The van der Waals surface area contributed by atoms with Crippen molar-refractivity contribution >= 4 is 11.7 Å². The Kier molecular flexibility index (Phi) is 4.48. The molecule has 1 N–H and O–H groups in total. The summed E-state index contributed by atoms with van der Waals surface area (Å²) in [4.78, 5) is 13.1. The zero-order valence-corrected chi connectivity index (χ0v) is 12.5. The molecule has 0 aliphatic heterocycles. The molecule has 0 saturated heterocycles. The Morgan fingerprint density at radius 3 is 2.62 bits per heavy atom. The van der Waals surface area contributed by atoms with Gasteiger partial charge in [-0.1, -0.05) is 12.1 Å². The lowest BCUT2D eigenvalue weighted by atomic mass is 10.1. The number of aromatic carboxylic acids is 1. The normalized spacial score (nSPS) is 10.2. The molecule has 0 spiro atoms. The molecular formula is C17H19NO3. The van der Waals surface area contributed by atoms with Crippen molar-refractivity contribution in [3.63, 3.8) is 0 Å². The maximum atomic E-state index is 11.0. The summed E-state index contributed by atoms with van der Waals surface area (Å²) in [6.45, 7) is 2.54. The molecule has 0 aromatic heterocycles. The summed E-state index contributed by atoms with van der Waals surface area (Å²) >= 11 is 0. The second-order valence-corrected chi connectivity index (χ2v) is 5.01. The van der Waals surface area contributed by atoms with Crippen LogP contribution < -0.4 is 9.64 Å². The van der Waals surface area contributed by atoms with Gasteiger partial charge in [-0.15, -0.1) is 0 Å². The molecule has 0 aliphatic carbocycles. The molecule has 0 heterocycles. The summed E-state index contributed by atoms with van der Waals surface area (Å²) < 4.78 is 5.22. The lowest BCUT2D eigenvalue weighted by molar-refractivity contribution is 0.0696. The highest BCUT2D eigenvalue weighted by atomic mass is 16.5. The first-order valence-electron chi connectivity index (χ1n) is 6.69. The van der Waals surface area contributed by atoms with Crippen molar-refractivity contribution in [1.82, 2.24) is 0 Å². The van der Waals surface area contributed by atoms with Crippen LogP contribution in [0.3, 0.4) is 0 Å². The zero-order valence-electron chi connectivity index (χ0n) is 12.5. The van der Waals surface area contributed by atoms with Crippen molar-refractivity contribution in [2.75, 3.05) is 19.1 Å². The van der Waals surface area contributed by atoms with Crippen molar-refractivity contribution in [3.8, 4) is 5.75 Å². The Morgan fingerprint density at radius 1 is 1.24 bits per heavy atom. The molecule has 0 aliphatic rings. The predicted octanol–water partition coefficient (Wildman–Crippen LogP) is 3.34. The average Bonchev–Trinajstić information content (AvgIpc) is 2.46. The third-order valence-electron chi connectivity index (χ3n) is 3.44. The van der Waals surface area contributed by atoms with Gasteiger partial charge in [-0.25, -0.2) is 4.79 Å². The van der Waals surface area contributed by atoms with Gasteiger partial charge in [0.2, 0.25) is 0 Å². The largest absolute Gasteiger partial charge is 0.497 e.